The second-order valence-corrected chi connectivity index (χ2v) is 6.82. The maximum absolute atomic E-state index is 12.7. The molecule has 148 valence electrons. The number of nitrogens with zero attached hydrogens (tertiary/aromatic N) is 5. The number of pyridine rings is 1. The van der Waals surface area contributed by atoms with Gasteiger partial charge in [-0.3, -0.25) is 4.79 Å². The summed E-state index contributed by atoms with van der Waals surface area (Å²) in [6.07, 6.45) is 6.09. The monoisotopic (exact) mass is 391 g/mol. The van der Waals surface area contributed by atoms with Crippen LogP contribution in [0.3, 0.4) is 0 Å². The van der Waals surface area contributed by atoms with Crippen LogP contribution < -0.4 is 10.6 Å². The number of urea groups is 1. The van der Waals surface area contributed by atoms with E-state index in [2.05, 4.69) is 25.7 Å². The van der Waals surface area contributed by atoms with E-state index in [1.165, 1.54) is 11.0 Å². The summed E-state index contributed by atoms with van der Waals surface area (Å²) in [4.78, 5) is 35.0. The fourth-order valence-corrected chi connectivity index (χ4v) is 3.27. The first-order valence-corrected chi connectivity index (χ1v) is 9.42. The van der Waals surface area contributed by atoms with Crippen molar-refractivity contribution in [3.05, 3.63) is 61.3 Å². The lowest BCUT2D eigenvalue weighted by Gasteiger charge is -2.32. The Morgan fingerprint density at radius 2 is 1.90 bits per heavy atom. The van der Waals surface area contributed by atoms with Gasteiger partial charge in [0.05, 0.1) is 17.8 Å². The zero-order valence-corrected chi connectivity index (χ0v) is 15.7. The third-order valence-electron chi connectivity index (χ3n) is 4.77. The molecular formula is C20H21N7O2. The number of hydrogen-bond acceptors (Lipinski definition) is 5. The van der Waals surface area contributed by atoms with E-state index in [1.54, 1.807) is 29.6 Å². The number of para-hydroxylation sites is 1. The molecular weight excluding hydrogens is 370 g/mol. The summed E-state index contributed by atoms with van der Waals surface area (Å²) in [5, 5.41) is 9.78. The molecule has 0 radical (unpaired) electrons. The molecule has 0 bridgehead atoms. The molecule has 0 saturated carbocycles. The molecule has 2 N–H and O–H groups in total. The third-order valence-corrected chi connectivity index (χ3v) is 4.77. The van der Waals surface area contributed by atoms with Gasteiger partial charge in [0.2, 0.25) is 5.91 Å². The Morgan fingerprint density at radius 3 is 2.62 bits per heavy atom. The molecule has 9 heteroatoms. The molecule has 1 aromatic carbocycles. The molecule has 0 aliphatic carbocycles. The van der Waals surface area contributed by atoms with Crippen molar-refractivity contribution >= 4 is 23.3 Å². The Labute approximate surface area is 167 Å². The van der Waals surface area contributed by atoms with Crippen molar-refractivity contribution < 1.29 is 9.59 Å². The van der Waals surface area contributed by atoms with E-state index in [9.17, 15) is 9.59 Å². The van der Waals surface area contributed by atoms with Crippen molar-refractivity contribution in [1.82, 2.24) is 24.6 Å². The Hall–Kier alpha value is -3.75. The first-order chi connectivity index (χ1) is 14.2. The summed E-state index contributed by atoms with van der Waals surface area (Å²) < 4.78 is 1.54. The molecule has 9 nitrogen and oxygen atoms in total. The number of aromatic nitrogens is 4. The fraction of sp³-hybridized carbons (Fsp3) is 0.250. The van der Waals surface area contributed by atoms with Crippen LogP contribution in [0.2, 0.25) is 0 Å². The first kappa shape index (κ1) is 18.6. The quantitative estimate of drug-likeness (QED) is 0.711. The summed E-state index contributed by atoms with van der Waals surface area (Å²) in [5.41, 5.74) is 1.34. The van der Waals surface area contributed by atoms with Gasteiger partial charge in [0.25, 0.3) is 0 Å². The zero-order valence-electron chi connectivity index (χ0n) is 15.7. The molecule has 1 saturated heterocycles. The molecule has 3 amide bonds. The topological polar surface area (TPSA) is 105 Å². The second-order valence-electron chi connectivity index (χ2n) is 6.82. The minimum absolute atomic E-state index is 0.113. The van der Waals surface area contributed by atoms with E-state index < -0.39 is 0 Å². The fourth-order valence-electron chi connectivity index (χ4n) is 3.27. The van der Waals surface area contributed by atoms with Crippen LogP contribution in [0.25, 0.3) is 5.82 Å². The second kappa shape index (κ2) is 8.51. The molecule has 1 atom stereocenters. The summed E-state index contributed by atoms with van der Waals surface area (Å²) in [5.74, 6) is 0.236. The molecule has 1 fully saturated rings. The number of carbonyl (C=O) groups is 2. The highest BCUT2D eigenvalue weighted by molar-refractivity contribution is 5.94. The van der Waals surface area contributed by atoms with Crippen LogP contribution >= 0.6 is 0 Å². The van der Waals surface area contributed by atoms with Gasteiger partial charge in [-0.25, -0.2) is 19.4 Å². The average Bonchev–Trinajstić information content (AvgIpc) is 3.30. The summed E-state index contributed by atoms with van der Waals surface area (Å²) in [6, 6.07) is 12.6. The van der Waals surface area contributed by atoms with Crippen molar-refractivity contribution in [1.29, 1.82) is 0 Å². The van der Waals surface area contributed by atoms with Crippen molar-refractivity contribution in [2.45, 2.75) is 12.8 Å². The number of likely N-dealkylation sites (tertiary alicyclic amines) is 1. The van der Waals surface area contributed by atoms with E-state index in [-0.39, 0.29) is 17.9 Å². The number of carbonyl (C=O) groups excluding carboxylic acids is 2. The lowest BCUT2D eigenvalue weighted by molar-refractivity contribution is -0.121. The van der Waals surface area contributed by atoms with Crippen LogP contribution in [0.15, 0.2) is 61.3 Å². The highest BCUT2D eigenvalue weighted by Crippen LogP contribution is 2.20. The van der Waals surface area contributed by atoms with Gasteiger partial charge < -0.3 is 15.5 Å². The van der Waals surface area contributed by atoms with Crippen LogP contribution in [-0.2, 0) is 4.79 Å². The van der Waals surface area contributed by atoms with E-state index in [1.807, 2.05) is 30.3 Å². The zero-order chi connectivity index (χ0) is 20.1. The van der Waals surface area contributed by atoms with Gasteiger partial charge in [0.1, 0.15) is 12.7 Å². The molecule has 1 aliphatic heterocycles. The lowest BCUT2D eigenvalue weighted by Crippen LogP contribution is -2.45. The van der Waals surface area contributed by atoms with E-state index in [4.69, 9.17) is 0 Å². The van der Waals surface area contributed by atoms with Crippen LogP contribution in [0.4, 0.5) is 16.2 Å². The maximum atomic E-state index is 12.7. The molecule has 4 rings (SSSR count). The van der Waals surface area contributed by atoms with Gasteiger partial charge in [0, 0.05) is 18.8 Å². The normalized spacial score (nSPS) is 16.3. The molecule has 3 aromatic rings. The lowest BCUT2D eigenvalue weighted by atomic mass is 9.97. The number of nitrogens with one attached hydrogen (secondary N) is 2. The van der Waals surface area contributed by atoms with Crippen molar-refractivity contribution in [2.75, 3.05) is 23.7 Å². The average molecular weight is 391 g/mol. The van der Waals surface area contributed by atoms with Crippen LogP contribution in [-0.4, -0.2) is 49.7 Å². The van der Waals surface area contributed by atoms with Gasteiger partial charge in [-0.2, -0.15) is 5.10 Å². The number of amides is 3. The van der Waals surface area contributed by atoms with E-state index in [0.717, 1.165) is 18.5 Å². The predicted octanol–water partition coefficient (Wildman–Crippen LogP) is 2.54. The number of benzene rings is 1. The Bertz CT molecular complexity index is 958. The van der Waals surface area contributed by atoms with Gasteiger partial charge in [-0.1, -0.05) is 18.2 Å². The SMILES string of the molecule is O=C(Nc1ccc(-n2cncn2)nc1)C1CCCN(C(=O)Nc2ccccc2)C1. The Balaban J connectivity index is 1.34. The number of hydrogen-bond donors (Lipinski definition) is 2. The van der Waals surface area contributed by atoms with Gasteiger partial charge in [-0.15, -0.1) is 0 Å². The largest absolute Gasteiger partial charge is 0.324 e. The van der Waals surface area contributed by atoms with Gasteiger partial charge in [-0.05, 0) is 37.1 Å². The number of piperidine rings is 1. The van der Waals surface area contributed by atoms with E-state index >= 15 is 0 Å². The Kier molecular flexibility index (Phi) is 5.46. The highest BCUT2D eigenvalue weighted by atomic mass is 16.2. The first-order valence-electron chi connectivity index (χ1n) is 9.42. The van der Waals surface area contributed by atoms with Crippen molar-refractivity contribution in [3.63, 3.8) is 0 Å². The standard InChI is InChI=1S/C20H21N7O2/c28-19(24-17-8-9-18(22-11-17)27-14-21-13-23-27)15-5-4-10-26(12-15)20(29)25-16-6-2-1-3-7-16/h1-3,6-9,11,13-15H,4-5,10,12H2,(H,24,28)(H,25,29). The third kappa shape index (κ3) is 4.57. The Morgan fingerprint density at radius 1 is 1.03 bits per heavy atom. The van der Waals surface area contributed by atoms with Crippen molar-refractivity contribution in [3.8, 4) is 5.82 Å². The molecule has 3 heterocycles. The van der Waals surface area contributed by atoms with Crippen LogP contribution in [0.1, 0.15) is 12.8 Å². The number of anilines is 2. The highest BCUT2D eigenvalue weighted by Gasteiger charge is 2.28. The van der Waals surface area contributed by atoms with Gasteiger partial charge in [0.15, 0.2) is 5.82 Å². The predicted molar refractivity (Wildman–Crippen MR) is 108 cm³/mol. The molecule has 1 aliphatic rings. The van der Waals surface area contributed by atoms with Crippen LogP contribution in [0, 0.1) is 5.92 Å². The summed E-state index contributed by atoms with van der Waals surface area (Å²) >= 11 is 0. The smallest absolute Gasteiger partial charge is 0.321 e. The molecule has 2 aromatic heterocycles. The van der Waals surface area contributed by atoms with Crippen LogP contribution in [0.5, 0.6) is 0 Å². The van der Waals surface area contributed by atoms with E-state index in [0.29, 0.717) is 24.6 Å². The summed E-state index contributed by atoms with van der Waals surface area (Å²) in [6.45, 7) is 1.02. The molecule has 1 unspecified atom stereocenters. The number of rotatable bonds is 4. The molecule has 29 heavy (non-hydrogen) atoms. The minimum Gasteiger partial charge on any atom is -0.324 e. The molecule has 0 spiro atoms. The van der Waals surface area contributed by atoms with Gasteiger partial charge >= 0.3 is 6.03 Å². The minimum atomic E-state index is -0.264. The van der Waals surface area contributed by atoms with Crippen molar-refractivity contribution in [2.24, 2.45) is 5.92 Å². The summed E-state index contributed by atoms with van der Waals surface area (Å²) in [7, 11) is 0. The maximum Gasteiger partial charge on any atom is 0.321 e.